The Hall–Kier alpha value is -3.18. The summed E-state index contributed by atoms with van der Waals surface area (Å²) in [5.74, 6) is -1.08. The van der Waals surface area contributed by atoms with Crippen molar-refractivity contribution in [3.63, 3.8) is 0 Å². The van der Waals surface area contributed by atoms with E-state index in [9.17, 15) is 13.6 Å². The largest absolute Gasteiger partial charge is 0.493 e. The number of hydrogen-bond acceptors (Lipinski definition) is 5. The van der Waals surface area contributed by atoms with Crippen LogP contribution in [0.3, 0.4) is 0 Å². The van der Waals surface area contributed by atoms with Gasteiger partial charge in [0.15, 0.2) is 18.1 Å². The first-order valence-corrected chi connectivity index (χ1v) is 8.91. The van der Waals surface area contributed by atoms with Crippen LogP contribution in [-0.2, 0) is 11.3 Å². The van der Waals surface area contributed by atoms with E-state index in [1.54, 1.807) is 12.1 Å². The number of likely N-dealkylation sites (N-methyl/N-ethyl adjacent to an activating group) is 1. The number of carbonyl (C=O) groups excluding carboxylic acids is 1. The van der Waals surface area contributed by atoms with Gasteiger partial charge in [0, 0.05) is 37.3 Å². The van der Waals surface area contributed by atoms with Crippen LogP contribution >= 0.6 is 0 Å². The molecule has 6 nitrogen and oxygen atoms in total. The smallest absolute Gasteiger partial charge is 0.260 e. The summed E-state index contributed by atoms with van der Waals surface area (Å²) in [4.78, 5) is 16.1. The molecule has 0 saturated carbocycles. The van der Waals surface area contributed by atoms with Crippen LogP contribution < -0.4 is 9.47 Å². The number of hydrogen-bond donors (Lipinski definition) is 0. The van der Waals surface area contributed by atoms with E-state index in [4.69, 9.17) is 14.7 Å². The maximum Gasteiger partial charge on any atom is 0.260 e. The van der Waals surface area contributed by atoms with Crippen molar-refractivity contribution in [1.82, 2.24) is 9.80 Å². The number of amides is 1. The van der Waals surface area contributed by atoms with Gasteiger partial charge in [0.1, 0.15) is 11.6 Å². The van der Waals surface area contributed by atoms with E-state index in [1.807, 2.05) is 25.1 Å². The van der Waals surface area contributed by atoms with Crippen molar-refractivity contribution >= 4 is 5.91 Å². The molecule has 0 aliphatic rings. The maximum absolute atomic E-state index is 14.0. The summed E-state index contributed by atoms with van der Waals surface area (Å²) in [5.41, 5.74) is 0.620. The van der Waals surface area contributed by atoms with Crippen molar-refractivity contribution in [2.45, 2.75) is 6.54 Å². The number of nitriles is 1. The van der Waals surface area contributed by atoms with Crippen LogP contribution in [0.5, 0.6) is 11.5 Å². The van der Waals surface area contributed by atoms with Gasteiger partial charge in [0.2, 0.25) is 0 Å². The Kier molecular flexibility index (Phi) is 7.92. The van der Waals surface area contributed by atoms with E-state index in [-0.39, 0.29) is 24.6 Å². The van der Waals surface area contributed by atoms with Crippen LogP contribution in [0.1, 0.15) is 11.1 Å². The van der Waals surface area contributed by atoms with E-state index in [0.717, 1.165) is 12.1 Å². The molecule has 1 amide bonds. The fraction of sp³-hybridized carbons (Fsp3) is 0.333. The SMILES string of the molecule is COc1cc(C#N)ccc1OCC(=O)N(CCN(C)C)Cc1ccc(F)cc1F. The van der Waals surface area contributed by atoms with Gasteiger partial charge in [0.25, 0.3) is 5.91 Å². The normalized spacial score (nSPS) is 10.5. The number of benzene rings is 2. The lowest BCUT2D eigenvalue weighted by atomic mass is 10.2. The average Bonchev–Trinajstić information content (AvgIpc) is 2.70. The molecule has 0 spiro atoms. The summed E-state index contributed by atoms with van der Waals surface area (Å²) >= 11 is 0. The van der Waals surface area contributed by atoms with Crippen LogP contribution in [0.4, 0.5) is 8.78 Å². The second-order valence-corrected chi connectivity index (χ2v) is 6.62. The molecule has 2 aromatic rings. The summed E-state index contributed by atoms with van der Waals surface area (Å²) in [6.07, 6.45) is 0. The predicted octanol–water partition coefficient (Wildman–Crippen LogP) is 2.81. The Balaban J connectivity index is 2.12. The summed E-state index contributed by atoms with van der Waals surface area (Å²) in [5, 5.41) is 8.96. The van der Waals surface area contributed by atoms with Gasteiger partial charge in [-0.1, -0.05) is 6.07 Å². The number of nitrogens with zero attached hydrogens (tertiary/aromatic N) is 3. The Labute approximate surface area is 168 Å². The van der Waals surface area contributed by atoms with Crippen LogP contribution in [0.15, 0.2) is 36.4 Å². The molecule has 0 aliphatic heterocycles. The first-order valence-electron chi connectivity index (χ1n) is 8.91. The zero-order chi connectivity index (χ0) is 21.4. The molecule has 154 valence electrons. The molecule has 2 aromatic carbocycles. The molecule has 0 atom stereocenters. The van der Waals surface area contributed by atoms with Gasteiger partial charge in [0.05, 0.1) is 18.7 Å². The fourth-order valence-electron chi connectivity index (χ4n) is 2.56. The number of ether oxygens (including phenoxy) is 2. The highest BCUT2D eigenvalue weighted by Gasteiger charge is 2.18. The summed E-state index contributed by atoms with van der Waals surface area (Å²) < 4.78 is 37.9. The first kappa shape index (κ1) is 22.1. The molecular formula is C21H23F2N3O3. The molecule has 8 heteroatoms. The van der Waals surface area contributed by atoms with Gasteiger partial charge in [-0.25, -0.2) is 8.78 Å². The first-order chi connectivity index (χ1) is 13.8. The molecule has 0 aromatic heterocycles. The lowest BCUT2D eigenvalue weighted by Gasteiger charge is -2.25. The highest BCUT2D eigenvalue weighted by atomic mass is 19.1. The van der Waals surface area contributed by atoms with Crippen molar-refractivity contribution in [3.05, 3.63) is 59.2 Å². The lowest BCUT2D eigenvalue weighted by Crippen LogP contribution is -2.39. The van der Waals surface area contributed by atoms with Gasteiger partial charge in [-0.3, -0.25) is 4.79 Å². The second kappa shape index (κ2) is 10.4. The monoisotopic (exact) mass is 403 g/mol. The van der Waals surface area contributed by atoms with E-state index < -0.39 is 11.6 Å². The van der Waals surface area contributed by atoms with Crippen molar-refractivity contribution in [3.8, 4) is 17.6 Å². The fourth-order valence-corrected chi connectivity index (χ4v) is 2.56. The summed E-state index contributed by atoms with van der Waals surface area (Å²) in [6.45, 7) is 0.608. The predicted molar refractivity (Wildman–Crippen MR) is 104 cm³/mol. The number of carbonyl (C=O) groups is 1. The minimum atomic E-state index is -0.706. The standard InChI is InChI=1S/C21H23F2N3O3/c1-25(2)8-9-26(13-16-5-6-17(22)11-18(16)23)21(27)14-29-19-7-4-15(12-24)10-20(19)28-3/h4-7,10-11H,8-9,13-14H2,1-3H3. The van der Waals surface area contributed by atoms with E-state index in [1.165, 1.54) is 24.1 Å². The summed E-state index contributed by atoms with van der Waals surface area (Å²) in [7, 11) is 5.16. The average molecular weight is 403 g/mol. The minimum Gasteiger partial charge on any atom is -0.493 e. The number of methoxy groups -OCH3 is 1. The highest BCUT2D eigenvalue weighted by Crippen LogP contribution is 2.27. The third kappa shape index (κ3) is 6.43. The van der Waals surface area contributed by atoms with Crippen LogP contribution in [0.2, 0.25) is 0 Å². The zero-order valence-corrected chi connectivity index (χ0v) is 16.6. The second-order valence-electron chi connectivity index (χ2n) is 6.62. The molecule has 0 heterocycles. The molecule has 0 fully saturated rings. The van der Waals surface area contributed by atoms with E-state index >= 15 is 0 Å². The Morgan fingerprint density at radius 2 is 1.86 bits per heavy atom. The van der Waals surface area contributed by atoms with E-state index in [2.05, 4.69) is 0 Å². The molecule has 0 N–H and O–H groups in total. The van der Waals surface area contributed by atoms with Gasteiger partial charge >= 0.3 is 0 Å². The van der Waals surface area contributed by atoms with Crippen molar-refractivity contribution in [1.29, 1.82) is 5.26 Å². The Morgan fingerprint density at radius 1 is 1.10 bits per heavy atom. The van der Waals surface area contributed by atoms with Gasteiger partial charge in [-0.15, -0.1) is 0 Å². The number of rotatable bonds is 9. The maximum atomic E-state index is 14.0. The van der Waals surface area contributed by atoms with Crippen LogP contribution in [-0.4, -0.2) is 56.6 Å². The van der Waals surface area contributed by atoms with Crippen molar-refractivity contribution < 1.29 is 23.0 Å². The third-order valence-electron chi connectivity index (χ3n) is 4.19. The molecule has 2 rings (SSSR count). The van der Waals surface area contributed by atoms with Crippen LogP contribution in [0.25, 0.3) is 0 Å². The molecule has 0 unspecified atom stereocenters. The zero-order valence-electron chi connectivity index (χ0n) is 16.6. The third-order valence-corrected chi connectivity index (χ3v) is 4.19. The topological polar surface area (TPSA) is 65.8 Å². The van der Waals surface area contributed by atoms with Gasteiger partial charge in [-0.05, 0) is 32.3 Å². The quantitative estimate of drug-likeness (QED) is 0.644. The molecule has 0 saturated heterocycles. The molecule has 29 heavy (non-hydrogen) atoms. The van der Waals surface area contributed by atoms with Gasteiger partial charge < -0.3 is 19.3 Å². The molecule has 0 aliphatic carbocycles. The lowest BCUT2D eigenvalue weighted by molar-refractivity contribution is -0.134. The van der Waals surface area contributed by atoms with E-state index in [0.29, 0.717) is 30.2 Å². The number of halogens is 2. The van der Waals surface area contributed by atoms with Crippen molar-refractivity contribution in [2.75, 3.05) is 40.9 Å². The summed E-state index contributed by atoms with van der Waals surface area (Å²) in [6, 6.07) is 9.89. The van der Waals surface area contributed by atoms with Crippen LogP contribution in [0, 0.1) is 23.0 Å². The van der Waals surface area contributed by atoms with Gasteiger partial charge in [-0.2, -0.15) is 5.26 Å². The molecular weight excluding hydrogens is 380 g/mol. The Bertz CT molecular complexity index is 897. The molecule has 0 bridgehead atoms. The minimum absolute atomic E-state index is 0.00729. The van der Waals surface area contributed by atoms with Crippen molar-refractivity contribution in [2.24, 2.45) is 0 Å². The molecule has 0 radical (unpaired) electrons. The Morgan fingerprint density at radius 3 is 2.48 bits per heavy atom. The highest BCUT2D eigenvalue weighted by molar-refractivity contribution is 5.78.